The Bertz CT molecular complexity index is 1340. The number of rotatable bonds is 6. The van der Waals surface area contributed by atoms with E-state index < -0.39 is 5.91 Å². The number of benzene rings is 2. The van der Waals surface area contributed by atoms with Gasteiger partial charge in [0, 0.05) is 29.5 Å². The van der Waals surface area contributed by atoms with E-state index in [-0.39, 0.29) is 24.5 Å². The molecule has 31 heavy (non-hydrogen) atoms. The van der Waals surface area contributed by atoms with E-state index in [1.165, 1.54) is 16.7 Å². The van der Waals surface area contributed by atoms with E-state index in [2.05, 4.69) is 15.5 Å². The predicted molar refractivity (Wildman–Crippen MR) is 112 cm³/mol. The number of carbonyl (C=O) groups is 1. The molecule has 1 N–H and O–H groups in total. The minimum absolute atomic E-state index is 0.0439. The van der Waals surface area contributed by atoms with E-state index in [4.69, 9.17) is 4.52 Å². The topological polar surface area (TPSA) is 90.0 Å². The van der Waals surface area contributed by atoms with Gasteiger partial charge in [0.15, 0.2) is 5.82 Å². The Morgan fingerprint density at radius 1 is 1.16 bits per heavy atom. The Kier molecular flexibility index (Phi) is 4.82. The van der Waals surface area contributed by atoms with Crippen LogP contribution in [0.4, 0.5) is 4.39 Å². The van der Waals surface area contributed by atoms with Crippen LogP contribution in [-0.4, -0.2) is 20.6 Å². The molecule has 1 aliphatic carbocycles. The summed E-state index contributed by atoms with van der Waals surface area (Å²) in [6, 6.07) is 14.9. The smallest absolute Gasteiger partial charge is 0.258 e. The molecular weight excluding hydrogens is 399 g/mol. The van der Waals surface area contributed by atoms with Gasteiger partial charge in [0.05, 0.1) is 11.1 Å². The molecule has 8 heteroatoms. The first-order chi connectivity index (χ1) is 15.1. The second-order valence-electron chi connectivity index (χ2n) is 7.60. The third-order valence-electron chi connectivity index (χ3n) is 5.37. The molecule has 0 spiro atoms. The zero-order valence-electron chi connectivity index (χ0n) is 16.5. The molecule has 0 saturated heterocycles. The molecule has 2 aromatic carbocycles. The molecule has 1 saturated carbocycles. The van der Waals surface area contributed by atoms with Crippen LogP contribution in [-0.2, 0) is 17.9 Å². The average molecular weight is 418 g/mol. The summed E-state index contributed by atoms with van der Waals surface area (Å²) < 4.78 is 20.6. The number of hydrogen-bond donors (Lipinski definition) is 1. The summed E-state index contributed by atoms with van der Waals surface area (Å²) in [6.07, 6.45) is 2.09. The monoisotopic (exact) mass is 418 g/mol. The number of pyridine rings is 1. The number of aromatic nitrogens is 3. The molecule has 7 nitrogen and oxygen atoms in total. The zero-order valence-corrected chi connectivity index (χ0v) is 16.5. The van der Waals surface area contributed by atoms with Gasteiger partial charge in [0.1, 0.15) is 12.4 Å². The number of para-hydroxylation sites is 1. The Morgan fingerprint density at radius 3 is 2.74 bits per heavy atom. The zero-order chi connectivity index (χ0) is 21.4. The highest BCUT2D eigenvalue weighted by Gasteiger charge is 2.29. The van der Waals surface area contributed by atoms with Gasteiger partial charge in [-0.1, -0.05) is 41.6 Å². The molecule has 1 fully saturated rings. The third-order valence-corrected chi connectivity index (χ3v) is 5.37. The standard InChI is InChI=1S/C23H19FN4O3/c24-18-7-3-1-5-15(18)12-25-20(29)13-28-19-8-4-2-6-16(19)17(11-21(28)30)23-26-22(27-31-23)14-9-10-14/h1-8,11,14H,9-10,12-13H2,(H,25,29). The van der Waals surface area contributed by atoms with Crippen LogP contribution in [0, 0.1) is 5.82 Å². The van der Waals surface area contributed by atoms with Crippen LogP contribution in [0.25, 0.3) is 22.4 Å². The van der Waals surface area contributed by atoms with Crippen molar-refractivity contribution in [3.8, 4) is 11.5 Å². The molecule has 0 radical (unpaired) electrons. The van der Waals surface area contributed by atoms with Crippen molar-refractivity contribution in [2.75, 3.05) is 0 Å². The fourth-order valence-corrected chi connectivity index (χ4v) is 3.56. The van der Waals surface area contributed by atoms with Crippen LogP contribution in [0.2, 0.25) is 0 Å². The van der Waals surface area contributed by atoms with Crippen molar-refractivity contribution in [1.29, 1.82) is 0 Å². The van der Waals surface area contributed by atoms with Crippen molar-refractivity contribution in [2.24, 2.45) is 0 Å². The molecule has 1 aliphatic rings. The number of carbonyl (C=O) groups excluding carboxylic acids is 1. The van der Waals surface area contributed by atoms with Gasteiger partial charge in [-0.05, 0) is 25.0 Å². The summed E-state index contributed by atoms with van der Waals surface area (Å²) in [5.41, 5.74) is 1.15. The van der Waals surface area contributed by atoms with Gasteiger partial charge >= 0.3 is 0 Å². The quantitative estimate of drug-likeness (QED) is 0.518. The Hall–Kier alpha value is -3.81. The van der Waals surface area contributed by atoms with Crippen molar-refractivity contribution in [2.45, 2.75) is 31.8 Å². The number of halogens is 1. The summed E-state index contributed by atoms with van der Waals surface area (Å²) in [7, 11) is 0. The Morgan fingerprint density at radius 2 is 1.94 bits per heavy atom. The molecule has 5 rings (SSSR count). The largest absolute Gasteiger partial charge is 0.350 e. The highest BCUT2D eigenvalue weighted by molar-refractivity contribution is 5.93. The van der Waals surface area contributed by atoms with Crippen molar-refractivity contribution >= 4 is 16.8 Å². The molecule has 4 aromatic rings. The van der Waals surface area contributed by atoms with E-state index >= 15 is 0 Å². The van der Waals surface area contributed by atoms with E-state index in [1.54, 1.807) is 30.3 Å². The Balaban J connectivity index is 1.44. The average Bonchev–Trinajstić information content (AvgIpc) is 3.52. The van der Waals surface area contributed by atoms with Gasteiger partial charge in [-0.15, -0.1) is 0 Å². The molecule has 0 unspecified atom stereocenters. The molecule has 0 aliphatic heterocycles. The minimum atomic E-state index is -0.392. The van der Waals surface area contributed by atoms with Crippen LogP contribution in [0.15, 0.2) is 63.9 Å². The lowest BCUT2D eigenvalue weighted by molar-refractivity contribution is -0.121. The lowest BCUT2D eigenvalue weighted by Crippen LogP contribution is -2.32. The Labute approximate surface area is 176 Å². The van der Waals surface area contributed by atoms with Gasteiger partial charge < -0.3 is 9.84 Å². The lowest BCUT2D eigenvalue weighted by atomic mass is 10.1. The summed E-state index contributed by atoms with van der Waals surface area (Å²) in [6.45, 7) is -0.145. The maximum Gasteiger partial charge on any atom is 0.258 e. The molecule has 156 valence electrons. The number of nitrogens with zero attached hydrogens (tertiary/aromatic N) is 3. The third kappa shape index (κ3) is 3.84. The van der Waals surface area contributed by atoms with Crippen LogP contribution in [0.5, 0.6) is 0 Å². The fourth-order valence-electron chi connectivity index (χ4n) is 3.56. The number of hydrogen-bond acceptors (Lipinski definition) is 5. The number of nitrogens with one attached hydrogen (secondary N) is 1. The molecule has 0 bridgehead atoms. The number of amides is 1. The van der Waals surface area contributed by atoms with Crippen molar-refractivity contribution < 1.29 is 13.7 Å². The van der Waals surface area contributed by atoms with E-state index in [0.717, 1.165) is 18.2 Å². The van der Waals surface area contributed by atoms with Crippen LogP contribution in [0.3, 0.4) is 0 Å². The molecule has 1 amide bonds. The second-order valence-corrected chi connectivity index (χ2v) is 7.60. The van der Waals surface area contributed by atoms with E-state index in [9.17, 15) is 14.0 Å². The van der Waals surface area contributed by atoms with Crippen LogP contribution < -0.4 is 10.9 Å². The van der Waals surface area contributed by atoms with Crippen LogP contribution in [0.1, 0.15) is 30.1 Å². The minimum Gasteiger partial charge on any atom is -0.350 e. The SMILES string of the molecule is O=C(Cn1c(=O)cc(-c2nc(C3CC3)no2)c2ccccc21)NCc1ccccc1F. The van der Waals surface area contributed by atoms with Gasteiger partial charge in [-0.3, -0.25) is 14.2 Å². The summed E-state index contributed by atoms with van der Waals surface area (Å²) >= 11 is 0. The molecule has 0 atom stereocenters. The van der Waals surface area contributed by atoms with Crippen molar-refractivity contribution in [1.82, 2.24) is 20.0 Å². The summed E-state index contributed by atoms with van der Waals surface area (Å²) in [5.74, 6) is 0.515. The first-order valence-corrected chi connectivity index (χ1v) is 10.1. The summed E-state index contributed by atoms with van der Waals surface area (Å²) in [4.78, 5) is 29.8. The van der Waals surface area contributed by atoms with E-state index in [1.807, 2.05) is 12.1 Å². The molecule has 2 heterocycles. The van der Waals surface area contributed by atoms with Gasteiger partial charge in [-0.25, -0.2) is 4.39 Å². The number of fused-ring (bicyclic) bond motifs is 1. The first-order valence-electron chi connectivity index (χ1n) is 10.1. The maximum absolute atomic E-state index is 13.8. The normalized spacial score (nSPS) is 13.5. The lowest BCUT2D eigenvalue weighted by Gasteiger charge is -2.12. The van der Waals surface area contributed by atoms with E-state index in [0.29, 0.717) is 34.3 Å². The van der Waals surface area contributed by atoms with Crippen LogP contribution >= 0.6 is 0 Å². The summed E-state index contributed by atoms with van der Waals surface area (Å²) in [5, 5.41) is 7.43. The first kappa shape index (κ1) is 19.2. The highest BCUT2D eigenvalue weighted by Crippen LogP contribution is 2.39. The van der Waals surface area contributed by atoms with Gasteiger partial charge in [-0.2, -0.15) is 4.98 Å². The second kappa shape index (κ2) is 7.79. The predicted octanol–water partition coefficient (Wildman–Crippen LogP) is 3.38. The maximum atomic E-state index is 13.8. The van der Waals surface area contributed by atoms with Gasteiger partial charge in [0.2, 0.25) is 5.91 Å². The molecule has 2 aromatic heterocycles. The molecular formula is C23H19FN4O3. The van der Waals surface area contributed by atoms with Crippen molar-refractivity contribution in [3.05, 3.63) is 82.2 Å². The van der Waals surface area contributed by atoms with Crippen molar-refractivity contribution in [3.63, 3.8) is 0 Å². The fraction of sp³-hybridized carbons (Fsp3) is 0.217. The highest BCUT2D eigenvalue weighted by atomic mass is 19.1. The van der Waals surface area contributed by atoms with Gasteiger partial charge in [0.25, 0.3) is 11.4 Å².